The molecule has 0 aromatic heterocycles. The first kappa shape index (κ1) is 41.6. The molecule has 0 fully saturated rings. The Kier molecular flexibility index (Phi) is 17.8. The summed E-state index contributed by atoms with van der Waals surface area (Å²) in [6.07, 6.45) is 1.18. The molecule has 2 rings (SSSR count). The van der Waals surface area contributed by atoms with E-state index < -0.39 is 17.6 Å². The van der Waals surface area contributed by atoms with Crippen LogP contribution in [-0.2, 0) is 31.3 Å². The van der Waals surface area contributed by atoms with Crippen molar-refractivity contribution in [3.05, 3.63) is 58.0 Å². The Bertz CT molecular complexity index is 1110. The lowest BCUT2D eigenvalue weighted by atomic mass is 10.0. The molecule has 0 amide bonds. The summed E-state index contributed by atoms with van der Waals surface area (Å²) < 4.78 is 49.5. The van der Waals surface area contributed by atoms with E-state index in [1.165, 1.54) is 0 Å². The van der Waals surface area contributed by atoms with Crippen LogP contribution in [0.3, 0.4) is 0 Å². The maximum atomic E-state index is 6.34. The minimum Gasteiger partial charge on any atom is -0.381 e. The van der Waals surface area contributed by atoms with Crippen LogP contribution in [0.1, 0.15) is 46.2 Å². The molecule has 0 saturated heterocycles. The summed E-state index contributed by atoms with van der Waals surface area (Å²) in [6.45, 7) is 4.96. The summed E-state index contributed by atoms with van der Waals surface area (Å²) in [5, 5.41) is 0. The third kappa shape index (κ3) is 8.60. The second-order valence-corrected chi connectivity index (χ2v) is 21.9. The highest BCUT2D eigenvalue weighted by Gasteiger charge is 2.51. The number of benzene rings is 2. The van der Waals surface area contributed by atoms with Crippen LogP contribution in [-0.4, -0.2) is 73.5 Å². The molecule has 0 bridgehead atoms. The van der Waals surface area contributed by atoms with Gasteiger partial charge in [0.1, 0.15) is 0 Å². The molecule has 0 heterocycles. The van der Waals surface area contributed by atoms with Crippen LogP contribution in [0.4, 0.5) is 0 Å². The molecule has 2 atom stereocenters. The van der Waals surface area contributed by atoms with E-state index in [1.807, 2.05) is 0 Å². The first-order chi connectivity index (χ1) is 20.2. The maximum absolute atomic E-state index is 6.34. The van der Waals surface area contributed by atoms with Gasteiger partial charge in [0.2, 0.25) is 0 Å². The summed E-state index contributed by atoms with van der Waals surface area (Å²) in [4.78, 5) is 0. The van der Waals surface area contributed by atoms with E-state index in [-0.39, 0.29) is 11.1 Å². The molecule has 0 aliphatic carbocycles. The zero-order valence-electron chi connectivity index (χ0n) is 24.9. The third-order valence-electron chi connectivity index (χ3n) is 7.45. The van der Waals surface area contributed by atoms with Gasteiger partial charge in [-0.25, -0.2) is 0 Å². The van der Waals surface area contributed by atoms with Gasteiger partial charge < -0.3 is 31.3 Å². The number of halogens is 8. The SMILES string of the molecule is CO[Si](OC)(OC)C(CCOCCC(c1c(C)c(Br)c(Br)c(Br)c1Br)[Si](OC)(OC)OC)c1c(C)c(Br)c(Br)c(Br)c1Br. The van der Waals surface area contributed by atoms with Gasteiger partial charge in [-0.2, -0.15) is 0 Å². The van der Waals surface area contributed by atoms with E-state index in [0.29, 0.717) is 26.1 Å². The van der Waals surface area contributed by atoms with Crippen LogP contribution in [0.15, 0.2) is 35.8 Å². The van der Waals surface area contributed by atoms with E-state index in [0.717, 1.165) is 58.0 Å². The van der Waals surface area contributed by atoms with Crippen LogP contribution in [0.25, 0.3) is 0 Å². The van der Waals surface area contributed by atoms with Crippen molar-refractivity contribution in [2.75, 3.05) is 55.9 Å². The molecule has 0 spiro atoms. The lowest BCUT2D eigenvalue weighted by Crippen LogP contribution is -2.50. The first-order valence-corrected chi connectivity index (χ1v) is 22.7. The van der Waals surface area contributed by atoms with Crippen molar-refractivity contribution in [2.24, 2.45) is 0 Å². The van der Waals surface area contributed by atoms with Crippen molar-refractivity contribution in [1.82, 2.24) is 0 Å². The van der Waals surface area contributed by atoms with Crippen molar-refractivity contribution < 1.29 is 31.3 Å². The maximum Gasteiger partial charge on any atom is 0.508 e. The zero-order chi connectivity index (χ0) is 32.9. The van der Waals surface area contributed by atoms with Gasteiger partial charge in [0, 0.05) is 91.7 Å². The van der Waals surface area contributed by atoms with Gasteiger partial charge in [0.15, 0.2) is 0 Å². The van der Waals surface area contributed by atoms with Gasteiger partial charge >= 0.3 is 17.6 Å². The monoisotopic (exact) mass is 1150 g/mol. The lowest BCUT2D eigenvalue weighted by molar-refractivity contribution is 0.0825. The average Bonchev–Trinajstić information content (AvgIpc) is 3.02. The zero-order valence-corrected chi connectivity index (χ0v) is 39.6. The normalized spacial score (nSPS) is 14.0. The number of ether oxygens (including phenoxy) is 1. The van der Waals surface area contributed by atoms with Crippen LogP contribution in [0.2, 0.25) is 0 Å². The Hall–Kier alpha value is 2.43. The van der Waals surface area contributed by atoms with Gasteiger partial charge in [-0.1, -0.05) is 0 Å². The van der Waals surface area contributed by atoms with Crippen molar-refractivity contribution in [3.8, 4) is 0 Å². The van der Waals surface area contributed by atoms with Gasteiger partial charge in [-0.05, 0) is 176 Å². The van der Waals surface area contributed by atoms with E-state index in [9.17, 15) is 0 Å². The Morgan fingerprint density at radius 3 is 0.953 bits per heavy atom. The predicted octanol–water partition coefficient (Wildman–Crippen LogP) is 10.9. The lowest BCUT2D eigenvalue weighted by Gasteiger charge is -2.35. The first-order valence-electron chi connectivity index (χ1n) is 12.7. The fourth-order valence-electron chi connectivity index (χ4n) is 5.20. The Balaban J connectivity index is 2.45. The van der Waals surface area contributed by atoms with Crippen LogP contribution >= 0.6 is 127 Å². The van der Waals surface area contributed by atoms with Crippen molar-refractivity contribution in [2.45, 2.75) is 37.8 Å². The molecule has 0 aliphatic rings. The molecular formula is C26H34Br8O7Si2. The van der Waals surface area contributed by atoms with Crippen molar-refractivity contribution in [3.63, 3.8) is 0 Å². The molecule has 43 heavy (non-hydrogen) atoms. The second kappa shape index (κ2) is 18.4. The van der Waals surface area contributed by atoms with Crippen LogP contribution in [0, 0.1) is 13.8 Å². The molecule has 2 unspecified atom stereocenters. The summed E-state index contributed by atoms with van der Waals surface area (Å²) in [5.41, 5.74) is 3.68. The van der Waals surface area contributed by atoms with E-state index in [4.69, 9.17) is 31.3 Å². The Morgan fingerprint density at radius 2 is 0.698 bits per heavy atom. The summed E-state index contributed by atoms with van der Waals surface area (Å²) in [6, 6.07) is 0. The van der Waals surface area contributed by atoms with Gasteiger partial charge in [-0.3, -0.25) is 0 Å². The highest BCUT2D eigenvalue weighted by molar-refractivity contribution is 9.15. The van der Waals surface area contributed by atoms with Gasteiger partial charge in [0.25, 0.3) is 0 Å². The molecule has 0 aliphatic heterocycles. The fourth-order valence-corrected chi connectivity index (χ4v) is 15.9. The molecule has 0 N–H and O–H groups in total. The predicted molar refractivity (Wildman–Crippen MR) is 203 cm³/mol. The number of hydrogen-bond acceptors (Lipinski definition) is 7. The smallest absolute Gasteiger partial charge is 0.381 e. The molecule has 0 radical (unpaired) electrons. The van der Waals surface area contributed by atoms with Crippen LogP contribution < -0.4 is 0 Å². The topological polar surface area (TPSA) is 64.6 Å². The average molecular weight is 1150 g/mol. The summed E-state index contributed by atoms with van der Waals surface area (Å²) >= 11 is 29.8. The Morgan fingerprint density at radius 1 is 0.442 bits per heavy atom. The quantitative estimate of drug-likeness (QED) is 0.0718. The molecule has 2 aromatic carbocycles. The van der Waals surface area contributed by atoms with Gasteiger partial charge in [0.05, 0.1) is 11.1 Å². The molecule has 7 nitrogen and oxygen atoms in total. The van der Waals surface area contributed by atoms with Crippen molar-refractivity contribution in [1.29, 1.82) is 0 Å². The highest BCUT2D eigenvalue weighted by Crippen LogP contribution is 2.49. The van der Waals surface area contributed by atoms with Crippen LogP contribution in [0.5, 0.6) is 0 Å². The highest BCUT2D eigenvalue weighted by atomic mass is 79.9. The van der Waals surface area contributed by atoms with E-state index in [1.54, 1.807) is 42.7 Å². The summed E-state index contributed by atoms with van der Waals surface area (Å²) in [5.74, 6) is 0. The van der Waals surface area contributed by atoms with Crippen molar-refractivity contribution >= 4 is 145 Å². The fraction of sp³-hybridized carbons (Fsp3) is 0.538. The number of hydrogen-bond donors (Lipinski definition) is 0. The molecule has 17 heteroatoms. The molecule has 2 aromatic rings. The molecule has 244 valence electrons. The minimum atomic E-state index is -3.17. The largest absolute Gasteiger partial charge is 0.508 e. The standard InChI is InChI=1S/C26H34Br8O7Si2/c1-13-17(21(29)25(33)23(31)19(13)27)15(42(35-3,36-4)37-5)9-11-41-12-10-16(43(38-6,39-7)40-8)18-14(2)20(28)24(32)26(34)22(18)30/h15-16H,9-12H2,1-8H3. The molecular weight excluding hydrogens is 1120 g/mol. The Labute approximate surface area is 324 Å². The number of rotatable bonds is 16. The van der Waals surface area contributed by atoms with Gasteiger partial charge in [-0.15, -0.1) is 0 Å². The third-order valence-corrected chi connectivity index (χ3v) is 23.7. The second-order valence-electron chi connectivity index (χ2n) is 9.32. The van der Waals surface area contributed by atoms with E-state index in [2.05, 4.69) is 141 Å². The summed E-state index contributed by atoms with van der Waals surface area (Å²) in [7, 11) is 3.43. The van der Waals surface area contributed by atoms with E-state index >= 15 is 0 Å². The molecule has 0 saturated carbocycles. The minimum absolute atomic E-state index is 0.224.